The van der Waals surface area contributed by atoms with Crippen molar-refractivity contribution >= 4 is 0 Å². The summed E-state index contributed by atoms with van der Waals surface area (Å²) in [5, 5.41) is 13.8. The van der Waals surface area contributed by atoms with Gasteiger partial charge in [-0.05, 0) is 43.5 Å². The maximum Gasteiger partial charge on any atom is 0.233 e. The molecule has 0 bridgehead atoms. The number of allylic oxidation sites excluding steroid dienone is 1. The van der Waals surface area contributed by atoms with Crippen LogP contribution in [0.15, 0.2) is 28.8 Å². The number of phenolic OH excluding ortho intramolecular Hbond substituents is 1. The first-order valence-electron chi connectivity index (χ1n) is 6.62. The molecular weight excluding hydrogens is 254 g/mol. The molecule has 1 aliphatic carbocycles. The van der Waals surface area contributed by atoms with E-state index in [1.54, 1.807) is 0 Å². The summed E-state index contributed by atoms with van der Waals surface area (Å²) in [7, 11) is 0. The van der Waals surface area contributed by atoms with Crippen LogP contribution in [0.25, 0.3) is 11.4 Å². The third-order valence-corrected chi connectivity index (χ3v) is 3.62. The van der Waals surface area contributed by atoms with E-state index in [0.29, 0.717) is 17.5 Å². The number of nitrogens with two attached hydrogens (primary N) is 1. The van der Waals surface area contributed by atoms with Crippen LogP contribution in [0.3, 0.4) is 0 Å². The summed E-state index contributed by atoms with van der Waals surface area (Å²) in [6, 6.07) is 3.77. The zero-order valence-electron chi connectivity index (χ0n) is 11.5. The van der Waals surface area contributed by atoms with E-state index in [0.717, 1.165) is 23.1 Å². The number of aryl methyl sites for hydroxylation is 2. The predicted molar refractivity (Wildman–Crippen MR) is 75.3 cm³/mol. The van der Waals surface area contributed by atoms with Crippen molar-refractivity contribution < 1.29 is 9.63 Å². The second-order valence-electron chi connectivity index (χ2n) is 5.31. The van der Waals surface area contributed by atoms with Crippen LogP contribution in [-0.2, 0) is 0 Å². The Bertz CT molecular complexity index is 653. The molecule has 2 unspecified atom stereocenters. The highest BCUT2D eigenvalue weighted by Gasteiger charge is 2.23. The molecule has 20 heavy (non-hydrogen) atoms. The van der Waals surface area contributed by atoms with E-state index < -0.39 is 0 Å². The van der Waals surface area contributed by atoms with E-state index in [2.05, 4.69) is 10.1 Å². The lowest BCUT2D eigenvalue weighted by molar-refractivity contribution is 0.365. The second kappa shape index (κ2) is 4.76. The fourth-order valence-corrected chi connectivity index (χ4v) is 2.50. The Morgan fingerprint density at radius 3 is 2.55 bits per heavy atom. The van der Waals surface area contributed by atoms with Gasteiger partial charge in [0.1, 0.15) is 5.75 Å². The number of aromatic hydroxyl groups is 1. The van der Waals surface area contributed by atoms with E-state index in [1.807, 2.05) is 38.1 Å². The molecule has 0 saturated carbocycles. The molecular formula is C15H17N3O2. The Hall–Kier alpha value is -2.14. The number of hydrogen-bond acceptors (Lipinski definition) is 5. The van der Waals surface area contributed by atoms with Gasteiger partial charge in [0.15, 0.2) is 0 Å². The topological polar surface area (TPSA) is 85.2 Å². The molecule has 2 aromatic rings. The number of aromatic nitrogens is 2. The van der Waals surface area contributed by atoms with Gasteiger partial charge in [-0.15, -0.1) is 0 Å². The first kappa shape index (κ1) is 12.9. The molecule has 1 aromatic carbocycles. The molecule has 3 N–H and O–H groups in total. The molecule has 1 aliphatic rings. The number of benzene rings is 1. The average molecular weight is 271 g/mol. The fourth-order valence-electron chi connectivity index (χ4n) is 2.50. The molecule has 1 heterocycles. The summed E-state index contributed by atoms with van der Waals surface area (Å²) in [6.07, 6.45) is 4.77. The Morgan fingerprint density at radius 2 is 1.95 bits per heavy atom. The van der Waals surface area contributed by atoms with Crippen molar-refractivity contribution in [2.75, 3.05) is 0 Å². The van der Waals surface area contributed by atoms with Crippen molar-refractivity contribution in [3.8, 4) is 17.1 Å². The van der Waals surface area contributed by atoms with Crippen LogP contribution < -0.4 is 5.73 Å². The van der Waals surface area contributed by atoms with Crippen LogP contribution in [-0.4, -0.2) is 21.3 Å². The fraction of sp³-hybridized carbons (Fsp3) is 0.333. The van der Waals surface area contributed by atoms with E-state index in [9.17, 15) is 5.11 Å². The largest absolute Gasteiger partial charge is 0.507 e. The second-order valence-corrected chi connectivity index (χ2v) is 5.31. The zero-order chi connectivity index (χ0) is 14.3. The van der Waals surface area contributed by atoms with Crippen molar-refractivity contribution in [2.45, 2.75) is 32.2 Å². The first-order valence-corrected chi connectivity index (χ1v) is 6.62. The minimum absolute atomic E-state index is 0.0634. The molecule has 2 atom stereocenters. The van der Waals surface area contributed by atoms with Gasteiger partial charge in [-0.3, -0.25) is 0 Å². The molecule has 1 aromatic heterocycles. The summed E-state index contributed by atoms with van der Waals surface area (Å²) in [5.41, 5.74) is 8.28. The number of hydrogen-bond donors (Lipinski definition) is 2. The Balaban J connectivity index is 1.92. The summed E-state index contributed by atoms with van der Waals surface area (Å²) in [5.74, 6) is 1.54. The Kier molecular flexibility index (Phi) is 3.06. The first-order chi connectivity index (χ1) is 9.54. The van der Waals surface area contributed by atoms with Gasteiger partial charge in [0.2, 0.25) is 11.7 Å². The van der Waals surface area contributed by atoms with Crippen LogP contribution in [0, 0.1) is 13.8 Å². The SMILES string of the molecule is Cc1cc(-c2noc(C3C=CC(N)C3)n2)cc(C)c1O. The molecule has 5 nitrogen and oxygen atoms in total. The zero-order valence-corrected chi connectivity index (χ0v) is 11.5. The van der Waals surface area contributed by atoms with E-state index in [1.165, 1.54) is 0 Å². The van der Waals surface area contributed by atoms with Gasteiger partial charge >= 0.3 is 0 Å². The van der Waals surface area contributed by atoms with Crippen molar-refractivity contribution in [1.29, 1.82) is 0 Å². The Labute approximate surface area is 117 Å². The minimum atomic E-state index is 0.0634. The molecule has 0 fully saturated rings. The molecule has 0 aliphatic heterocycles. The van der Waals surface area contributed by atoms with Gasteiger partial charge in [-0.25, -0.2) is 0 Å². The number of phenols is 1. The summed E-state index contributed by atoms with van der Waals surface area (Å²) >= 11 is 0. The highest BCUT2D eigenvalue weighted by Crippen LogP contribution is 2.30. The van der Waals surface area contributed by atoms with Crippen LogP contribution in [0.4, 0.5) is 0 Å². The van der Waals surface area contributed by atoms with Gasteiger partial charge in [-0.2, -0.15) is 4.98 Å². The van der Waals surface area contributed by atoms with Crippen molar-refractivity contribution in [1.82, 2.24) is 10.1 Å². The normalized spacial score (nSPS) is 21.6. The molecule has 0 spiro atoms. The molecule has 0 radical (unpaired) electrons. The van der Waals surface area contributed by atoms with Crippen LogP contribution in [0.1, 0.15) is 29.4 Å². The van der Waals surface area contributed by atoms with Crippen LogP contribution in [0.2, 0.25) is 0 Å². The van der Waals surface area contributed by atoms with Gasteiger partial charge < -0.3 is 15.4 Å². The van der Waals surface area contributed by atoms with Gasteiger partial charge in [0.25, 0.3) is 0 Å². The standard InChI is InChI=1S/C15H17N3O2/c1-8-5-11(6-9(2)13(8)19)14-17-15(20-18-14)10-3-4-12(16)7-10/h3-6,10,12,19H,7,16H2,1-2H3. The smallest absolute Gasteiger partial charge is 0.233 e. The van der Waals surface area contributed by atoms with Gasteiger partial charge in [-0.1, -0.05) is 17.3 Å². The third-order valence-electron chi connectivity index (χ3n) is 3.62. The van der Waals surface area contributed by atoms with E-state index in [4.69, 9.17) is 10.3 Å². The lowest BCUT2D eigenvalue weighted by atomic mass is 10.1. The molecule has 5 heteroatoms. The maximum absolute atomic E-state index is 9.80. The monoisotopic (exact) mass is 271 g/mol. The molecule has 3 rings (SSSR count). The minimum Gasteiger partial charge on any atom is -0.507 e. The quantitative estimate of drug-likeness (QED) is 0.819. The van der Waals surface area contributed by atoms with Gasteiger partial charge in [0.05, 0.1) is 5.92 Å². The van der Waals surface area contributed by atoms with Crippen molar-refractivity contribution in [3.05, 3.63) is 41.3 Å². The highest BCUT2D eigenvalue weighted by atomic mass is 16.5. The maximum atomic E-state index is 9.80. The van der Waals surface area contributed by atoms with Crippen LogP contribution in [0.5, 0.6) is 5.75 Å². The Morgan fingerprint density at radius 1 is 1.25 bits per heavy atom. The van der Waals surface area contributed by atoms with Crippen molar-refractivity contribution in [3.63, 3.8) is 0 Å². The number of nitrogens with zero attached hydrogens (tertiary/aromatic N) is 2. The third kappa shape index (κ3) is 2.20. The number of rotatable bonds is 2. The van der Waals surface area contributed by atoms with E-state index >= 15 is 0 Å². The average Bonchev–Trinajstić information content (AvgIpc) is 3.03. The van der Waals surface area contributed by atoms with Gasteiger partial charge in [0, 0.05) is 11.6 Å². The highest BCUT2D eigenvalue weighted by molar-refractivity contribution is 5.60. The summed E-state index contributed by atoms with van der Waals surface area (Å²) in [4.78, 5) is 4.44. The molecule has 0 amide bonds. The van der Waals surface area contributed by atoms with Crippen molar-refractivity contribution in [2.24, 2.45) is 5.73 Å². The molecule has 0 saturated heterocycles. The lowest BCUT2D eigenvalue weighted by Crippen LogP contribution is -2.14. The summed E-state index contributed by atoms with van der Waals surface area (Å²) < 4.78 is 5.33. The van der Waals surface area contributed by atoms with Crippen LogP contribution >= 0.6 is 0 Å². The lowest BCUT2D eigenvalue weighted by Gasteiger charge is -2.05. The molecule has 104 valence electrons. The van der Waals surface area contributed by atoms with E-state index in [-0.39, 0.29) is 12.0 Å². The summed E-state index contributed by atoms with van der Waals surface area (Å²) in [6.45, 7) is 3.71. The predicted octanol–water partition coefficient (Wildman–Crippen LogP) is 2.43.